The fourth-order valence-electron chi connectivity index (χ4n) is 3.08. The SMILES string of the molecule is CC1CCCC(CCNC(C)c2cc(Cl)sc2Cl)C1. The zero-order valence-corrected chi connectivity index (χ0v) is 14.0. The van der Waals surface area contributed by atoms with Gasteiger partial charge in [-0.15, -0.1) is 11.3 Å². The third-order valence-electron chi connectivity index (χ3n) is 4.20. The first-order valence-corrected chi connectivity index (χ1v) is 8.81. The van der Waals surface area contributed by atoms with Gasteiger partial charge >= 0.3 is 0 Å². The van der Waals surface area contributed by atoms with Crippen LogP contribution in [0.25, 0.3) is 0 Å². The van der Waals surface area contributed by atoms with Crippen molar-refractivity contribution in [2.75, 3.05) is 6.54 Å². The molecule has 2 rings (SSSR count). The van der Waals surface area contributed by atoms with Crippen molar-refractivity contribution in [1.82, 2.24) is 5.32 Å². The minimum absolute atomic E-state index is 0.289. The van der Waals surface area contributed by atoms with Crippen LogP contribution in [0.4, 0.5) is 0 Å². The van der Waals surface area contributed by atoms with Gasteiger partial charge in [-0.2, -0.15) is 0 Å². The van der Waals surface area contributed by atoms with E-state index in [1.807, 2.05) is 6.07 Å². The van der Waals surface area contributed by atoms with Crippen LogP contribution >= 0.6 is 34.5 Å². The summed E-state index contributed by atoms with van der Waals surface area (Å²) in [6.45, 7) is 5.62. The van der Waals surface area contributed by atoms with Gasteiger partial charge in [-0.1, -0.05) is 49.4 Å². The third-order valence-corrected chi connectivity index (χ3v) is 5.72. The molecule has 1 fully saturated rings. The third kappa shape index (κ3) is 4.63. The molecular formula is C15H23Cl2NS. The van der Waals surface area contributed by atoms with Crippen LogP contribution in [0.5, 0.6) is 0 Å². The Hall–Kier alpha value is 0.240. The van der Waals surface area contributed by atoms with Crippen LogP contribution in [0, 0.1) is 11.8 Å². The molecule has 1 aliphatic carbocycles. The molecule has 3 atom stereocenters. The molecule has 1 N–H and O–H groups in total. The van der Waals surface area contributed by atoms with Crippen molar-refractivity contribution < 1.29 is 0 Å². The minimum atomic E-state index is 0.289. The highest BCUT2D eigenvalue weighted by Gasteiger charge is 2.19. The Bertz CT molecular complexity index is 405. The van der Waals surface area contributed by atoms with Crippen molar-refractivity contribution in [3.63, 3.8) is 0 Å². The largest absolute Gasteiger partial charge is 0.310 e. The smallest absolute Gasteiger partial charge is 0.0991 e. The monoisotopic (exact) mass is 319 g/mol. The van der Waals surface area contributed by atoms with Crippen LogP contribution < -0.4 is 5.32 Å². The predicted molar refractivity (Wildman–Crippen MR) is 86.5 cm³/mol. The first kappa shape index (κ1) is 15.6. The lowest BCUT2D eigenvalue weighted by atomic mass is 9.81. The highest BCUT2D eigenvalue weighted by molar-refractivity contribution is 7.20. The van der Waals surface area contributed by atoms with Crippen molar-refractivity contribution in [1.29, 1.82) is 0 Å². The molecule has 1 aliphatic rings. The molecule has 4 heteroatoms. The highest BCUT2D eigenvalue weighted by Crippen LogP contribution is 2.35. The van der Waals surface area contributed by atoms with E-state index in [0.717, 1.165) is 32.6 Å². The van der Waals surface area contributed by atoms with Gasteiger partial charge in [0.15, 0.2) is 0 Å². The van der Waals surface area contributed by atoms with Crippen molar-refractivity contribution in [2.24, 2.45) is 11.8 Å². The van der Waals surface area contributed by atoms with Crippen LogP contribution in [0.3, 0.4) is 0 Å². The predicted octanol–water partition coefficient (Wildman–Crippen LogP) is 5.92. The van der Waals surface area contributed by atoms with Crippen LogP contribution in [-0.2, 0) is 0 Å². The normalized spacial score (nSPS) is 25.5. The maximum absolute atomic E-state index is 6.18. The van der Waals surface area contributed by atoms with E-state index in [1.54, 1.807) is 0 Å². The lowest BCUT2D eigenvalue weighted by Gasteiger charge is -2.27. The average Bonchev–Trinajstić information content (AvgIpc) is 2.68. The lowest BCUT2D eigenvalue weighted by molar-refractivity contribution is 0.265. The number of hydrogen-bond donors (Lipinski definition) is 1. The van der Waals surface area contributed by atoms with Gasteiger partial charge in [0.05, 0.1) is 8.67 Å². The Morgan fingerprint density at radius 1 is 1.42 bits per heavy atom. The van der Waals surface area contributed by atoms with Gasteiger partial charge in [0.25, 0.3) is 0 Å². The molecule has 3 unspecified atom stereocenters. The summed E-state index contributed by atoms with van der Waals surface area (Å²) >= 11 is 13.6. The Kier molecular flexibility index (Phi) is 6.01. The number of halogens is 2. The second-order valence-corrected chi connectivity index (χ2v) is 8.17. The van der Waals surface area contributed by atoms with Crippen molar-refractivity contribution in [2.45, 2.75) is 52.0 Å². The fourth-order valence-corrected chi connectivity index (χ4v) is 4.73. The zero-order valence-electron chi connectivity index (χ0n) is 11.7. The van der Waals surface area contributed by atoms with Gasteiger partial charge in [0.2, 0.25) is 0 Å². The summed E-state index contributed by atoms with van der Waals surface area (Å²) in [5.41, 5.74) is 1.13. The van der Waals surface area contributed by atoms with Gasteiger partial charge in [-0.3, -0.25) is 0 Å². The topological polar surface area (TPSA) is 12.0 Å². The van der Waals surface area contributed by atoms with Crippen LogP contribution in [-0.4, -0.2) is 6.54 Å². The summed E-state index contributed by atoms with van der Waals surface area (Å²) in [5.74, 6) is 1.83. The molecule has 1 aromatic rings. The lowest BCUT2D eigenvalue weighted by Crippen LogP contribution is -2.23. The van der Waals surface area contributed by atoms with Crippen LogP contribution in [0.15, 0.2) is 6.07 Å². The van der Waals surface area contributed by atoms with E-state index in [1.165, 1.54) is 43.4 Å². The molecule has 0 radical (unpaired) electrons. The Morgan fingerprint density at radius 3 is 2.84 bits per heavy atom. The Balaban J connectivity index is 1.74. The molecule has 0 bridgehead atoms. The molecule has 0 aliphatic heterocycles. The zero-order chi connectivity index (χ0) is 13.8. The van der Waals surface area contributed by atoms with Crippen molar-refractivity contribution in [3.05, 3.63) is 20.3 Å². The van der Waals surface area contributed by atoms with Crippen LogP contribution in [0.1, 0.15) is 57.6 Å². The molecule has 1 aromatic heterocycles. The van der Waals surface area contributed by atoms with E-state index in [0.29, 0.717) is 0 Å². The number of hydrogen-bond acceptors (Lipinski definition) is 2. The first-order valence-electron chi connectivity index (χ1n) is 7.24. The van der Waals surface area contributed by atoms with Gasteiger partial charge < -0.3 is 5.32 Å². The minimum Gasteiger partial charge on any atom is -0.310 e. The summed E-state index contributed by atoms with van der Waals surface area (Å²) < 4.78 is 1.59. The van der Waals surface area contributed by atoms with Gasteiger partial charge in [-0.05, 0) is 49.8 Å². The standard InChI is InChI=1S/C15H23Cl2NS/c1-10-4-3-5-12(8-10)6-7-18-11(2)13-9-14(16)19-15(13)17/h9-12,18H,3-8H2,1-2H3. The summed E-state index contributed by atoms with van der Waals surface area (Å²) in [4.78, 5) is 0. The van der Waals surface area contributed by atoms with E-state index in [4.69, 9.17) is 23.2 Å². The van der Waals surface area contributed by atoms with Crippen LogP contribution in [0.2, 0.25) is 8.67 Å². The average molecular weight is 320 g/mol. The fraction of sp³-hybridized carbons (Fsp3) is 0.733. The van der Waals surface area contributed by atoms with E-state index in [-0.39, 0.29) is 6.04 Å². The Morgan fingerprint density at radius 2 is 2.21 bits per heavy atom. The molecule has 0 spiro atoms. The van der Waals surface area contributed by atoms with Gasteiger partial charge in [0.1, 0.15) is 0 Å². The summed E-state index contributed by atoms with van der Waals surface area (Å²) in [7, 11) is 0. The molecule has 0 saturated heterocycles. The molecule has 1 heterocycles. The van der Waals surface area contributed by atoms with E-state index in [2.05, 4.69) is 19.2 Å². The van der Waals surface area contributed by atoms with Crippen molar-refractivity contribution in [3.8, 4) is 0 Å². The second-order valence-electron chi connectivity index (χ2n) is 5.88. The quantitative estimate of drug-likeness (QED) is 0.710. The van der Waals surface area contributed by atoms with E-state index < -0.39 is 0 Å². The molecule has 19 heavy (non-hydrogen) atoms. The number of nitrogens with one attached hydrogen (secondary N) is 1. The van der Waals surface area contributed by atoms with Gasteiger partial charge in [-0.25, -0.2) is 0 Å². The highest BCUT2D eigenvalue weighted by atomic mass is 35.5. The van der Waals surface area contributed by atoms with Crippen molar-refractivity contribution >= 4 is 34.5 Å². The summed E-state index contributed by atoms with van der Waals surface area (Å²) in [6.07, 6.45) is 6.92. The molecule has 1 saturated carbocycles. The Labute approximate surface area is 130 Å². The maximum atomic E-state index is 6.18. The summed E-state index contributed by atoms with van der Waals surface area (Å²) in [5, 5.41) is 3.58. The molecular weight excluding hydrogens is 297 g/mol. The summed E-state index contributed by atoms with van der Waals surface area (Å²) in [6, 6.07) is 2.27. The second kappa shape index (κ2) is 7.31. The molecule has 0 amide bonds. The molecule has 1 nitrogen and oxygen atoms in total. The van der Waals surface area contributed by atoms with Gasteiger partial charge in [0, 0.05) is 6.04 Å². The molecule has 0 aromatic carbocycles. The van der Waals surface area contributed by atoms with E-state index in [9.17, 15) is 0 Å². The first-order chi connectivity index (χ1) is 9.06. The van der Waals surface area contributed by atoms with E-state index >= 15 is 0 Å². The number of rotatable bonds is 5. The number of thiophene rings is 1. The maximum Gasteiger partial charge on any atom is 0.0991 e. The molecule has 108 valence electrons.